The third-order valence-electron chi connectivity index (χ3n) is 2.59. The molecule has 0 saturated carbocycles. The molecule has 0 bridgehead atoms. The Bertz CT molecular complexity index is 212. The van der Waals surface area contributed by atoms with E-state index in [0.29, 0.717) is 0 Å². The van der Waals surface area contributed by atoms with Crippen molar-refractivity contribution < 1.29 is 9.90 Å². The van der Waals surface area contributed by atoms with Gasteiger partial charge in [0.25, 0.3) is 0 Å². The van der Waals surface area contributed by atoms with Gasteiger partial charge in [-0.1, -0.05) is 0 Å². The molecule has 5 heteroatoms. The number of likely N-dealkylation sites (N-methyl/N-ethyl adjacent to an activating group) is 1. The highest BCUT2D eigenvalue weighted by atomic mass is 32.2. The van der Waals surface area contributed by atoms with Crippen LogP contribution in [0.5, 0.6) is 0 Å². The van der Waals surface area contributed by atoms with Gasteiger partial charge in [0.2, 0.25) is 0 Å². The summed E-state index contributed by atoms with van der Waals surface area (Å²) in [6.07, 6.45) is 0.278. The van der Waals surface area contributed by atoms with Crippen LogP contribution in [-0.4, -0.2) is 72.2 Å². The molecule has 1 atom stereocenters. The first-order chi connectivity index (χ1) is 7.09. The van der Waals surface area contributed by atoms with Gasteiger partial charge in [-0.25, -0.2) is 0 Å². The average molecular weight is 232 g/mol. The Morgan fingerprint density at radius 1 is 1.60 bits per heavy atom. The number of carboxylic acid groups (broad SMARTS) is 1. The van der Waals surface area contributed by atoms with E-state index in [1.54, 1.807) is 0 Å². The number of hydrogen-bond acceptors (Lipinski definition) is 4. The van der Waals surface area contributed by atoms with Gasteiger partial charge in [0.05, 0.1) is 6.42 Å². The van der Waals surface area contributed by atoms with Crippen molar-refractivity contribution in [3.05, 3.63) is 0 Å². The summed E-state index contributed by atoms with van der Waals surface area (Å²) in [5.74, 6) is 1.40. The minimum absolute atomic E-state index is 0.223. The van der Waals surface area contributed by atoms with Crippen molar-refractivity contribution >= 4 is 17.7 Å². The summed E-state index contributed by atoms with van der Waals surface area (Å²) in [6, 6.07) is 0.223. The number of thioether (sulfide) groups is 1. The van der Waals surface area contributed by atoms with Crippen LogP contribution >= 0.6 is 11.8 Å². The summed E-state index contributed by atoms with van der Waals surface area (Å²) in [4.78, 5) is 15.2. The molecule has 0 aromatic carbocycles. The lowest BCUT2D eigenvalue weighted by atomic mass is 10.2. The van der Waals surface area contributed by atoms with Gasteiger partial charge in [0.15, 0.2) is 0 Å². The Morgan fingerprint density at radius 2 is 2.33 bits per heavy atom. The lowest BCUT2D eigenvalue weighted by molar-refractivity contribution is -0.138. The summed E-state index contributed by atoms with van der Waals surface area (Å²) < 4.78 is 0. The van der Waals surface area contributed by atoms with Crippen LogP contribution in [0.2, 0.25) is 0 Å². The zero-order chi connectivity index (χ0) is 11.3. The van der Waals surface area contributed by atoms with Crippen molar-refractivity contribution in [3.8, 4) is 0 Å². The Kier molecular flexibility index (Phi) is 5.42. The summed E-state index contributed by atoms with van der Waals surface area (Å²) >= 11 is 1.86. The summed E-state index contributed by atoms with van der Waals surface area (Å²) in [6.45, 7) is 3.00. The van der Waals surface area contributed by atoms with Crippen molar-refractivity contribution in [1.29, 1.82) is 0 Å². The summed E-state index contributed by atoms with van der Waals surface area (Å²) in [5.41, 5.74) is 0. The summed E-state index contributed by atoms with van der Waals surface area (Å²) in [7, 11) is 4.09. The second-order valence-electron chi connectivity index (χ2n) is 4.17. The van der Waals surface area contributed by atoms with Crippen LogP contribution in [0.4, 0.5) is 0 Å². The Labute approximate surface area is 95.6 Å². The maximum Gasteiger partial charge on any atom is 0.304 e. The van der Waals surface area contributed by atoms with Gasteiger partial charge in [0, 0.05) is 37.2 Å². The number of nitrogens with zero attached hydrogens (tertiary/aromatic N) is 2. The molecular formula is C10H20N2O2S. The van der Waals surface area contributed by atoms with E-state index in [9.17, 15) is 4.79 Å². The fraction of sp³-hybridized carbons (Fsp3) is 0.900. The molecule has 0 amide bonds. The van der Waals surface area contributed by atoms with E-state index in [-0.39, 0.29) is 12.5 Å². The standard InChI is InChI=1S/C10H20N2O2S/c1-11(2)3-4-12-5-6-15-8-9(12)7-10(13)14/h9H,3-8H2,1-2H3,(H,13,14). The summed E-state index contributed by atoms with van der Waals surface area (Å²) in [5, 5.41) is 8.81. The first-order valence-electron chi connectivity index (χ1n) is 5.28. The van der Waals surface area contributed by atoms with Crippen LogP contribution in [-0.2, 0) is 4.79 Å². The fourth-order valence-electron chi connectivity index (χ4n) is 1.70. The van der Waals surface area contributed by atoms with E-state index in [2.05, 4.69) is 9.80 Å². The molecule has 1 aliphatic heterocycles. The van der Waals surface area contributed by atoms with Crippen LogP contribution in [0.1, 0.15) is 6.42 Å². The van der Waals surface area contributed by atoms with Crippen LogP contribution in [0.3, 0.4) is 0 Å². The first-order valence-corrected chi connectivity index (χ1v) is 6.43. The van der Waals surface area contributed by atoms with Crippen molar-refractivity contribution in [2.75, 3.05) is 45.2 Å². The molecule has 0 spiro atoms. The van der Waals surface area contributed by atoms with E-state index in [0.717, 1.165) is 31.1 Å². The second kappa shape index (κ2) is 6.35. The largest absolute Gasteiger partial charge is 0.481 e. The van der Waals surface area contributed by atoms with Gasteiger partial charge < -0.3 is 10.0 Å². The Hall–Kier alpha value is -0.260. The molecule has 1 unspecified atom stereocenters. The zero-order valence-corrected chi connectivity index (χ0v) is 10.3. The molecule has 1 N–H and O–H groups in total. The molecule has 88 valence electrons. The Balaban J connectivity index is 2.39. The van der Waals surface area contributed by atoms with Gasteiger partial charge in [-0.2, -0.15) is 11.8 Å². The Morgan fingerprint density at radius 3 is 2.93 bits per heavy atom. The van der Waals surface area contributed by atoms with Gasteiger partial charge in [-0.3, -0.25) is 9.69 Å². The third kappa shape index (κ3) is 4.86. The highest BCUT2D eigenvalue weighted by Gasteiger charge is 2.24. The van der Waals surface area contributed by atoms with Crippen LogP contribution < -0.4 is 0 Å². The van der Waals surface area contributed by atoms with Crippen molar-refractivity contribution in [3.63, 3.8) is 0 Å². The fourth-order valence-corrected chi connectivity index (χ4v) is 2.83. The highest BCUT2D eigenvalue weighted by molar-refractivity contribution is 7.99. The molecule has 1 fully saturated rings. The molecule has 1 aliphatic rings. The van der Waals surface area contributed by atoms with Gasteiger partial charge >= 0.3 is 5.97 Å². The molecule has 1 rings (SSSR count). The third-order valence-corrected chi connectivity index (χ3v) is 3.69. The predicted molar refractivity (Wildman–Crippen MR) is 63.5 cm³/mol. The van der Waals surface area contributed by atoms with Gasteiger partial charge in [-0.15, -0.1) is 0 Å². The van der Waals surface area contributed by atoms with E-state index in [1.807, 2.05) is 25.9 Å². The number of carboxylic acids is 1. The molecular weight excluding hydrogens is 212 g/mol. The molecule has 1 saturated heterocycles. The highest BCUT2D eigenvalue weighted by Crippen LogP contribution is 2.18. The van der Waals surface area contributed by atoms with E-state index in [1.165, 1.54) is 0 Å². The minimum Gasteiger partial charge on any atom is -0.481 e. The average Bonchev–Trinajstić information content (AvgIpc) is 2.15. The minimum atomic E-state index is -0.683. The van der Waals surface area contributed by atoms with Gasteiger partial charge in [0.1, 0.15) is 0 Å². The number of carbonyl (C=O) groups is 1. The molecule has 0 aromatic heterocycles. The molecule has 0 radical (unpaired) electrons. The smallest absolute Gasteiger partial charge is 0.304 e. The quantitative estimate of drug-likeness (QED) is 0.745. The van der Waals surface area contributed by atoms with Crippen molar-refractivity contribution in [2.45, 2.75) is 12.5 Å². The topological polar surface area (TPSA) is 43.8 Å². The number of aliphatic carboxylic acids is 1. The maximum absolute atomic E-state index is 10.7. The lowest BCUT2D eigenvalue weighted by Crippen LogP contribution is -2.46. The second-order valence-corrected chi connectivity index (χ2v) is 5.32. The SMILES string of the molecule is CN(C)CCN1CCSCC1CC(=O)O. The monoisotopic (exact) mass is 232 g/mol. The van der Waals surface area contributed by atoms with Crippen LogP contribution in [0, 0.1) is 0 Å². The van der Waals surface area contributed by atoms with E-state index < -0.39 is 5.97 Å². The normalized spacial score (nSPS) is 23.3. The van der Waals surface area contributed by atoms with Crippen molar-refractivity contribution in [1.82, 2.24) is 9.80 Å². The molecule has 0 aromatic rings. The maximum atomic E-state index is 10.7. The van der Waals surface area contributed by atoms with Crippen molar-refractivity contribution in [2.24, 2.45) is 0 Å². The molecule has 4 nitrogen and oxygen atoms in total. The lowest BCUT2D eigenvalue weighted by Gasteiger charge is -2.35. The van der Waals surface area contributed by atoms with E-state index in [4.69, 9.17) is 5.11 Å². The predicted octanol–water partition coefficient (Wildman–Crippen LogP) is 0.440. The first kappa shape index (κ1) is 12.8. The van der Waals surface area contributed by atoms with E-state index >= 15 is 0 Å². The molecule has 1 heterocycles. The van der Waals surface area contributed by atoms with Gasteiger partial charge in [-0.05, 0) is 14.1 Å². The zero-order valence-electron chi connectivity index (χ0n) is 9.48. The van der Waals surface area contributed by atoms with Crippen LogP contribution in [0.25, 0.3) is 0 Å². The number of rotatable bonds is 5. The number of hydrogen-bond donors (Lipinski definition) is 1. The van der Waals surface area contributed by atoms with Crippen LogP contribution in [0.15, 0.2) is 0 Å². The molecule has 15 heavy (non-hydrogen) atoms. The molecule has 0 aliphatic carbocycles.